The molecule has 2 aliphatic rings. The van der Waals surface area contributed by atoms with Crippen LogP contribution in [0, 0.1) is 0 Å². The van der Waals surface area contributed by atoms with Crippen LogP contribution in [0.15, 0.2) is 48.5 Å². The number of carbonyl (C=O) groups excluding carboxylic acids is 1. The molecule has 3 heteroatoms. The summed E-state index contributed by atoms with van der Waals surface area (Å²) in [6, 6.07) is 17.5. The van der Waals surface area contributed by atoms with Crippen LogP contribution < -0.4 is 4.90 Å². The lowest BCUT2D eigenvalue weighted by atomic mass is 9.84. The van der Waals surface area contributed by atoms with Crippen molar-refractivity contribution in [1.29, 1.82) is 0 Å². The van der Waals surface area contributed by atoms with Crippen molar-refractivity contribution < 1.29 is 4.79 Å². The molecule has 0 unspecified atom stereocenters. The molecule has 1 aliphatic carbocycles. The Balaban J connectivity index is 1.24. The maximum Gasteiger partial charge on any atom is 0.159 e. The van der Waals surface area contributed by atoms with Crippen LogP contribution in [0.3, 0.4) is 0 Å². The van der Waals surface area contributed by atoms with Gasteiger partial charge in [0.1, 0.15) is 0 Å². The number of benzene rings is 2. The highest BCUT2D eigenvalue weighted by atomic mass is 16.1. The van der Waals surface area contributed by atoms with E-state index in [1.54, 1.807) is 12.5 Å². The normalized spacial score (nSPS) is 18.7. The topological polar surface area (TPSA) is 23.6 Å². The van der Waals surface area contributed by atoms with Crippen LogP contribution in [-0.2, 0) is 6.42 Å². The zero-order valence-electron chi connectivity index (χ0n) is 17.8. The average Bonchev–Trinajstić information content (AvgIpc) is 2.79. The van der Waals surface area contributed by atoms with Crippen molar-refractivity contribution in [2.24, 2.45) is 0 Å². The maximum absolute atomic E-state index is 11.4. The number of ketones is 1. The fraction of sp³-hybridized carbons (Fsp3) is 0.500. The Hall–Kier alpha value is -2.13. The molecule has 0 bridgehead atoms. The number of hydrogen-bond acceptors (Lipinski definition) is 3. The predicted octanol–water partition coefficient (Wildman–Crippen LogP) is 5.30. The van der Waals surface area contributed by atoms with Gasteiger partial charge in [-0.3, -0.25) is 9.69 Å². The van der Waals surface area contributed by atoms with Crippen LogP contribution in [0.5, 0.6) is 0 Å². The number of Topliss-reactive ketones (excluding diaryl/α,β-unsaturated/α-hetero) is 1. The van der Waals surface area contributed by atoms with Crippen molar-refractivity contribution in [2.75, 3.05) is 37.6 Å². The highest BCUT2D eigenvalue weighted by Gasteiger charge is 2.19. The number of nitrogens with zero attached hydrogens (tertiary/aromatic N) is 2. The number of carbonyl (C=O) groups is 1. The lowest BCUT2D eigenvalue weighted by Gasteiger charge is -2.36. The molecule has 0 amide bonds. The van der Waals surface area contributed by atoms with Crippen LogP contribution >= 0.6 is 0 Å². The van der Waals surface area contributed by atoms with Crippen molar-refractivity contribution >= 4 is 11.5 Å². The smallest absolute Gasteiger partial charge is 0.159 e. The Morgan fingerprint density at radius 1 is 0.862 bits per heavy atom. The van der Waals surface area contributed by atoms with Crippen LogP contribution in [-0.4, -0.2) is 43.4 Å². The van der Waals surface area contributed by atoms with E-state index in [1.807, 2.05) is 12.1 Å². The molecule has 1 heterocycles. The van der Waals surface area contributed by atoms with Gasteiger partial charge in [0.25, 0.3) is 0 Å². The van der Waals surface area contributed by atoms with Gasteiger partial charge >= 0.3 is 0 Å². The molecular formula is C26H34N2O. The van der Waals surface area contributed by atoms with Crippen molar-refractivity contribution in [3.05, 3.63) is 65.2 Å². The van der Waals surface area contributed by atoms with Crippen LogP contribution in [0.4, 0.5) is 5.69 Å². The van der Waals surface area contributed by atoms with Gasteiger partial charge in [-0.25, -0.2) is 0 Å². The third-order valence-corrected chi connectivity index (χ3v) is 6.78. The van der Waals surface area contributed by atoms with Crippen molar-refractivity contribution in [3.63, 3.8) is 0 Å². The molecule has 0 radical (unpaired) electrons. The average molecular weight is 391 g/mol. The molecule has 154 valence electrons. The number of anilines is 1. The van der Waals surface area contributed by atoms with Gasteiger partial charge in [-0.2, -0.15) is 0 Å². The molecule has 0 N–H and O–H groups in total. The second-order valence-electron chi connectivity index (χ2n) is 8.76. The standard InChI is InChI=1S/C26H34N2O/c1-21(29)23-9-7-22(8-10-23)15-16-27-17-19-28(20-18-27)26-13-11-25(12-14-26)24-5-3-2-4-6-24/h7-14,24H,2-6,15-20H2,1H3. The quantitative estimate of drug-likeness (QED) is 0.625. The molecule has 1 saturated carbocycles. The van der Waals surface area contributed by atoms with Gasteiger partial charge in [0.15, 0.2) is 5.78 Å². The van der Waals surface area contributed by atoms with E-state index < -0.39 is 0 Å². The second-order valence-corrected chi connectivity index (χ2v) is 8.76. The summed E-state index contributed by atoms with van der Waals surface area (Å²) in [4.78, 5) is 16.5. The van der Waals surface area contributed by atoms with E-state index in [9.17, 15) is 4.79 Å². The van der Waals surface area contributed by atoms with Gasteiger partial charge in [-0.1, -0.05) is 55.7 Å². The molecule has 1 saturated heterocycles. The molecule has 2 fully saturated rings. The van der Waals surface area contributed by atoms with Gasteiger partial charge in [0.2, 0.25) is 0 Å². The third-order valence-electron chi connectivity index (χ3n) is 6.78. The van der Waals surface area contributed by atoms with E-state index in [1.165, 1.54) is 43.4 Å². The van der Waals surface area contributed by atoms with E-state index in [0.29, 0.717) is 0 Å². The summed E-state index contributed by atoms with van der Waals surface area (Å²) in [6.45, 7) is 7.16. The number of piperazine rings is 1. The van der Waals surface area contributed by atoms with Gasteiger partial charge in [-0.05, 0) is 55.4 Å². The summed E-state index contributed by atoms with van der Waals surface area (Å²) in [5, 5.41) is 0. The van der Waals surface area contributed by atoms with Gasteiger partial charge in [0.05, 0.1) is 0 Å². The van der Waals surface area contributed by atoms with E-state index in [-0.39, 0.29) is 5.78 Å². The monoisotopic (exact) mass is 390 g/mol. The summed E-state index contributed by atoms with van der Waals surface area (Å²) >= 11 is 0. The van der Waals surface area contributed by atoms with Crippen LogP contribution in [0.25, 0.3) is 0 Å². The first-order valence-electron chi connectivity index (χ1n) is 11.4. The first kappa shape index (κ1) is 20.2. The number of hydrogen-bond donors (Lipinski definition) is 0. The minimum atomic E-state index is 0.138. The lowest BCUT2D eigenvalue weighted by Crippen LogP contribution is -2.47. The molecule has 2 aromatic carbocycles. The highest BCUT2D eigenvalue weighted by Crippen LogP contribution is 2.33. The molecule has 29 heavy (non-hydrogen) atoms. The Labute approximate surface area is 175 Å². The SMILES string of the molecule is CC(=O)c1ccc(CCN2CCN(c3ccc(C4CCCCC4)cc3)CC2)cc1. The Morgan fingerprint density at radius 2 is 1.52 bits per heavy atom. The fourth-order valence-corrected chi connectivity index (χ4v) is 4.82. The van der Waals surface area contributed by atoms with E-state index in [0.717, 1.165) is 50.6 Å². The van der Waals surface area contributed by atoms with E-state index in [4.69, 9.17) is 0 Å². The third kappa shape index (κ3) is 5.27. The summed E-state index contributed by atoms with van der Waals surface area (Å²) in [6.07, 6.45) is 8.01. The summed E-state index contributed by atoms with van der Waals surface area (Å²) in [5.74, 6) is 0.929. The maximum atomic E-state index is 11.4. The highest BCUT2D eigenvalue weighted by molar-refractivity contribution is 5.94. The molecule has 0 atom stereocenters. The largest absolute Gasteiger partial charge is 0.369 e. The second kappa shape index (κ2) is 9.58. The van der Waals surface area contributed by atoms with Crippen molar-refractivity contribution in [3.8, 4) is 0 Å². The minimum absolute atomic E-state index is 0.138. The van der Waals surface area contributed by atoms with Crippen LogP contribution in [0.1, 0.15) is 66.4 Å². The molecular weight excluding hydrogens is 356 g/mol. The molecule has 4 rings (SSSR count). The van der Waals surface area contributed by atoms with Crippen molar-refractivity contribution in [1.82, 2.24) is 4.90 Å². The molecule has 1 aliphatic heterocycles. The predicted molar refractivity (Wildman–Crippen MR) is 121 cm³/mol. The van der Waals surface area contributed by atoms with Gasteiger partial charge < -0.3 is 4.90 Å². The van der Waals surface area contributed by atoms with Crippen molar-refractivity contribution in [2.45, 2.75) is 51.4 Å². The van der Waals surface area contributed by atoms with Gasteiger partial charge in [0, 0.05) is 44.0 Å². The molecule has 3 nitrogen and oxygen atoms in total. The molecule has 0 spiro atoms. The minimum Gasteiger partial charge on any atom is -0.369 e. The zero-order chi connectivity index (χ0) is 20.1. The van der Waals surface area contributed by atoms with Gasteiger partial charge in [-0.15, -0.1) is 0 Å². The molecule has 0 aromatic heterocycles. The Kier molecular flexibility index (Phi) is 6.66. The zero-order valence-corrected chi connectivity index (χ0v) is 17.8. The van der Waals surface area contributed by atoms with Crippen LogP contribution in [0.2, 0.25) is 0 Å². The number of rotatable bonds is 6. The summed E-state index contributed by atoms with van der Waals surface area (Å²) < 4.78 is 0. The molecule has 2 aromatic rings. The van der Waals surface area contributed by atoms with E-state index >= 15 is 0 Å². The summed E-state index contributed by atoms with van der Waals surface area (Å²) in [5.41, 5.74) is 5.04. The lowest BCUT2D eigenvalue weighted by molar-refractivity contribution is 0.101. The summed E-state index contributed by atoms with van der Waals surface area (Å²) in [7, 11) is 0. The first-order chi connectivity index (χ1) is 14.2. The first-order valence-corrected chi connectivity index (χ1v) is 11.4. The Bertz CT molecular complexity index is 782. The van der Waals surface area contributed by atoms with E-state index in [2.05, 4.69) is 46.2 Å². The Morgan fingerprint density at radius 3 is 2.14 bits per heavy atom. The fourth-order valence-electron chi connectivity index (χ4n) is 4.82.